The molecule has 1 aliphatic rings. The Labute approximate surface area is 101 Å². The van der Waals surface area contributed by atoms with Crippen LogP contribution in [0.4, 0.5) is 5.82 Å². The summed E-state index contributed by atoms with van der Waals surface area (Å²) in [4.78, 5) is 10.9. The molecule has 1 atom stereocenters. The van der Waals surface area contributed by atoms with Crippen LogP contribution in [0.5, 0.6) is 0 Å². The van der Waals surface area contributed by atoms with Gasteiger partial charge in [0.15, 0.2) is 0 Å². The molecule has 1 aliphatic heterocycles. The van der Waals surface area contributed by atoms with Gasteiger partial charge in [0.2, 0.25) is 0 Å². The van der Waals surface area contributed by atoms with Gasteiger partial charge in [-0.2, -0.15) is 0 Å². The van der Waals surface area contributed by atoms with Gasteiger partial charge < -0.3 is 9.64 Å². The van der Waals surface area contributed by atoms with Crippen LogP contribution in [0.15, 0.2) is 6.07 Å². The zero-order valence-electron chi connectivity index (χ0n) is 9.61. The minimum Gasteiger partial charge on any atom is -0.377 e. The molecule has 0 bridgehead atoms. The predicted molar refractivity (Wildman–Crippen MR) is 64.0 cm³/mol. The average Bonchev–Trinajstić information content (AvgIpc) is 2.28. The minimum absolute atomic E-state index is 0.337. The molecule has 16 heavy (non-hydrogen) atoms. The van der Waals surface area contributed by atoms with Gasteiger partial charge in [-0.25, -0.2) is 9.97 Å². The molecule has 0 aromatic carbocycles. The van der Waals surface area contributed by atoms with Gasteiger partial charge in [-0.15, -0.1) is 0 Å². The fourth-order valence-corrected chi connectivity index (χ4v) is 2.02. The largest absolute Gasteiger partial charge is 0.377 e. The maximum absolute atomic E-state index is 5.99. The predicted octanol–water partition coefficient (Wildman–Crippen LogP) is 1.92. The number of morpholine rings is 1. The Balaban J connectivity index is 2.27. The summed E-state index contributed by atoms with van der Waals surface area (Å²) in [5, 5.41) is 0.514. The Bertz CT molecular complexity index is 372. The van der Waals surface area contributed by atoms with Gasteiger partial charge in [-0.05, 0) is 6.92 Å². The van der Waals surface area contributed by atoms with Crippen LogP contribution in [-0.4, -0.2) is 35.8 Å². The van der Waals surface area contributed by atoms with Crippen molar-refractivity contribution in [3.63, 3.8) is 0 Å². The van der Waals surface area contributed by atoms with Gasteiger partial charge in [0.1, 0.15) is 16.8 Å². The van der Waals surface area contributed by atoms with Crippen LogP contribution < -0.4 is 4.90 Å². The Morgan fingerprint density at radius 2 is 2.38 bits per heavy atom. The van der Waals surface area contributed by atoms with Crippen LogP contribution in [0.2, 0.25) is 5.15 Å². The molecule has 0 N–H and O–H groups in total. The fourth-order valence-electron chi connectivity index (χ4n) is 1.82. The van der Waals surface area contributed by atoms with Gasteiger partial charge in [-0.1, -0.05) is 18.5 Å². The molecule has 0 saturated carbocycles. The van der Waals surface area contributed by atoms with Crippen LogP contribution in [0.1, 0.15) is 19.7 Å². The second-order valence-electron chi connectivity index (χ2n) is 3.94. The molecule has 1 fully saturated rings. The average molecular weight is 242 g/mol. The zero-order chi connectivity index (χ0) is 11.5. The first-order chi connectivity index (χ1) is 7.70. The molecular weight excluding hydrogens is 226 g/mol. The molecular formula is C11H16ClN3O. The van der Waals surface area contributed by atoms with Crippen molar-refractivity contribution < 1.29 is 4.74 Å². The maximum Gasteiger partial charge on any atom is 0.134 e. The molecule has 0 radical (unpaired) electrons. The number of anilines is 1. The molecule has 1 saturated heterocycles. The Morgan fingerprint density at radius 3 is 3.06 bits per heavy atom. The lowest BCUT2D eigenvalue weighted by Gasteiger charge is -2.34. The second-order valence-corrected chi connectivity index (χ2v) is 4.32. The van der Waals surface area contributed by atoms with Gasteiger partial charge >= 0.3 is 0 Å². The monoisotopic (exact) mass is 241 g/mol. The van der Waals surface area contributed by atoms with E-state index in [1.54, 1.807) is 0 Å². The summed E-state index contributed by atoms with van der Waals surface area (Å²) in [7, 11) is 0. The highest BCUT2D eigenvalue weighted by atomic mass is 35.5. The zero-order valence-corrected chi connectivity index (χ0v) is 10.4. The third-order valence-electron chi connectivity index (χ3n) is 2.71. The molecule has 5 heteroatoms. The van der Waals surface area contributed by atoms with Crippen LogP contribution in [0.3, 0.4) is 0 Å². The van der Waals surface area contributed by atoms with Crippen LogP contribution >= 0.6 is 11.6 Å². The van der Waals surface area contributed by atoms with E-state index in [1.165, 1.54) is 0 Å². The van der Waals surface area contributed by atoms with E-state index < -0.39 is 0 Å². The summed E-state index contributed by atoms with van der Waals surface area (Å²) in [6.45, 7) is 6.49. The molecule has 1 aromatic heterocycles. The summed E-state index contributed by atoms with van der Waals surface area (Å²) in [6.07, 6.45) is 0.798. The Morgan fingerprint density at radius 1 is 1.56 bits per heavy atom. The Hall–Kier alpha value is -0.870. The van der Waals surface area contributed by atoms with Gasteiger partial charge in [0.05, 0.1) is 19.3 Å². The smallest absolute Gasteiger partial charge is 0.134 e. The standard InChI is InChI=1S/C11H16ClN3O/c1-3-10-13-9(12)6-11(14-10)15-4-5-16-7-8(15)2/h6,8H,3-5,7H2,1-2H3. The molecule has 0 aliphatic carbocycles. The van der Waals surface area contributed by atoms with E-state index in [0.29, 0.717) is 11.2 Å². The molecule has 2 heterocycles. The molecule has 88 valence electrons. The summed E-state index contributed by atoms with van der Waals surface area (Å²) < 4.78 is 5.40. The quantitative estimate of drug-likeness (QED) is 0.742. The summed E-state index contributed by atoms with van der Waals surface area (Å²) in [5.41, 5.74) is 0. The number of aromatic nitrogens is 2. The van der Waals surface area contributed by atoms with Crippen molar-refractivity contribution in [2.24, 2.45) is 0 Å². The minimum atomic E-state index is 0.337. The SMILES string of the molecule is CCc1nc(Cl)cc(N2CCOCC2C)n1. The van der Waals surface area contributed by atoms with E-state index in [4.69, 9.17) is 16.3 Å². The van der Waals surface area contributed by atoms with Crippen LogP contribution in [0, 0.1) is 0 Å². The molecule has 0 spiro atoms. The highest BCUT2D eigenvalue weighted by Gasteiger charge is 2.20. The number of hydrogen-bond donors (Lipinski definition) is 0. The van der Waals surface area contributed by atoms with Gasteiger partial charge in [-0.3, -0.25) is 0 Å². The van der Waals surface area contributed by atoms with Crippen LogP contribution in [-0.2, 0) is 11.2 Å². The summed E-state index contributed by atoms with van der Waals surface area (Å²) >= 11 is 5.99. The lowest BCUT2D eigenvalue weighted by atomic mass is 10.2. The van der Waals surface area contributed by atoms with E-state index in [1.807, 2.05) is 13.0 Å². The third kappa shape index (κ3) is 2.44. The van der Waals surface area contributed by atoms with E-state index >= 15 is 0 Å². The number of rotatable bonds is 2. The molecule has 1 aromatic rings. The first kappa shape index (κ1) is 11.6. The van der Waals surface area contributed by atoms with Gasteiger partial charge in [0, 0.05) is 19.0 Å². The second kappa shape index (κ2) is 4.97. The number of ether oxygens (including phenoxy) is 1. The number of aryl methyl sites for hydroxylation is 1. The van der Waals surface area contributed by atoms with E-state index in [0.717, 1.165) is 37.8 Å². The lowest BCUT2D eigenvalue weighted by molar-refractivity contribution is 0.0985. The fraction of sp³-hybridized carbons (Fsp3) is 0.636. The maximum atomic E-state index is 5.99. The van der Waals surface area contributed by atoms with E-state index in [2.05, 4.69) is 21.8 Å². The third-order valence-corrected chi connectivity index (χ3v) is 2.90. The van der Waals surface area contributed by atoms with E-state index in [9.17, 15) is 0 Å². The molecule has 2 rings (SSSR count). The van der Waals surface area contributed by atoms with Crippen molar-refractivity contribution in [3.05, 3.63) is 17.0 Å². The highest BCUT2D eigenvalue weighted by molar-refractivity contribution is 6.29. The lowest BCUT2D eigenvalue weighted by Crippen LogP contribution is -2.44. The summed E-state index contributed by atoms with van der Waals surface area (Å²) in [6, 6.07) is 2.16. The van der Waals surface area contributed by atoms with Gasteiger partial charge in [0.25, 0.3) is 0 Å². The van der Waals surface area contributed by atoms with Crippen molar-refractivity contribution in [2.75, 3.05) is 24.7 Å². The van der Waals surface area contributed by atoms with Crippen molar-refractivity contribution in [1.82, 2.24) is 9.97 Å². The van der Waals surface area contributed by atoms with Crippen molar-refractivity contribution >= 4 is 17.4 Å². The Kier molecular flexibility index (Phi) is 3.61. The van der Waals surface area contributed by atoms with Crippen molar-refractivity contribution in [3.8, 4) is 0 Å². The number of hydrogen-bond acceptors (Lipinski definition) is 4. The first-order valence-electron chi connectivity index (χ1n) is 5.58. The molecule has 0 amide bonds. The number of halogens is 1. The van der Waals surface area contributed by atoms with Crippen molar-refractivity contribution in [1.29, 1.82) is 0 Å². The van der Waals surface area contributed by atoms with Crippen molar-refractivity contribution in [2.45, 2.75) is 26.3 Å². The summed E-state index contributed by atoms with van der Waals surface area (Å²) in [5.74, 6) is 1.70. The topological polar surface area (TPSA) is 38.2 Å². The highest BCUT2D eigenvalue weighted by Crippen LogP contribution is 2.20. The first-order valence-corrected chi connectivity index (χ1v) is 5.96. The normalized spacial score (nSPS) is 21.2. The molecule has 4 nitrogen and oxygen atoms in total. The molecule has 1 unspecified atom stereocenters. The number of nitrogens with zero attached hydrogens (tertiary/aromatic N) is 3. The van der Waals surface area contributed by atoms with Crippen LogP contribution in [0.25, 0.3) is 0 Å². The van der Waals surface area contributed by atoms with E-state index in [-0.39, 0.29) is 0 Å².